The Morgan fingerprint density at radius 1 is 1.13 bits per heavy atom. The lowest BCUT2D eigenvalue weighted by molar-refractivity contribution is -0.139. The largest absolute Gasteiger partial charge is 0.480 e. The Hall–Kier alpha value is -3.23. The molecule has 1 atom stereocenters. The van der Waals surface area contributed by atoms with Gasteiger partial charge in [0.2, 0.25) is 0 Å². The molecule has 3 aromatic rings. The van der Waals surface area contributed by atoms with Crippen LogP contribution >= 0.6 is 0 Å². The fourth-order valence-corrected chi connectivity index (χ4v) is 3.32. The Morgan fingerprint density at radius 2 is 1.83 bits per heavy atom. The van der Waals surface area contributed by atoms with Gasteiger partial charge in [-0.05, 0) is 43.9 Å². The molecule has 3 N–H and O–H groups in total. The number of hydrogen-bond acceptors (Lipinski definition) is 5. The third kappa shape index (κ3) is 5.03. The molecule has 0 saturated heterocycles. The van der Waals surface area contributed by atoms with Gasteiger partial charge in [0, 0.05) is 25.7 Å². The molecule has 1 aromatic heterocycles. The maximum atomic E-state index is 12.2. The molecule has 0 aliphatic heterocycles. The van der Waals surface area contributed by atoms with Gasteiger partial charge in [0.05, 0.1) is 17.6 Å². The zero-order chi connectivity index (χ0) is 21.7. The molecule has 3 rings (SSSR count). The molecule has 0 aliphatic carbocycles. The van der Waals surface area contributed by atoms with E-state index in [1.165, 1.54) is 0 Å². The molecule has 2 aromatic carbocycles. The SMILES string of the molecule is CNC(CNC(=O)c1ccc(CN(C)Cc2nc3ccccc3n2C)cc1)C(=O)O. The van der Waals surface area contributed by atoms with E-state index in [4.69, 9.17) is 10.1 Å². The topological polar surface area (TPSA) is 99.5 Å². The van der Waals surface area contributed by atoms with Crippen molar-refractivity contribution >= 4 is 22.9 Å². The van der Waals surface area contributed by atoms with Crippen molar-refractivity contribution in [2.45, 2.75) is 19.1 Å². The normalized spacial score (nSPS) is 12.3. The Balaban J connectivity index is 1.57. The molecule has 8 heteroatoms. The molecule has 0 spiro atoms. The van der Waals surface area contributed by atoms with Crippen molar-refractivity contribution in [1.82, 2.24) is 25.1 Å². The lowest BCUT2D eigenvalue weighted by atomic mass is 10.1. The van der Waals surface area contributed by atoms with Gasteiger partial charge < -0.3 is 20.3 Å². The van der Waals surface area contributed by atoms with Crippen LogP contribution in [0.3, 0.4) is 0 Å². The summed E-state index contributed by atoms with van der Waals surface area (Å²) in [6.45, 7) is 1.44. The molecule has 0 fully saturated rings. The second-order valence-corrected chi connectivity index (χ2v) is 7.33. The van der Waals surface area contributed by atoms with E-state index in [0.29, 0.717) is 18.7 Å². The van der Waals surface area contributed by atoms with E-state index < -0.39 is 12.0 Å². The summed E-state index contributed by atoms with van der Waals surface area (Å²) in [5, 5.41) is 14.3. The molecular weight excluding hydrogens is 382 g/mol. The smallest absolute Gasteiger partial charge is 0.322 e. The van der Waals surface area contributed by atoms with Crippen LogP contribution in [-0.4, -0.2) is 58.1 Å². The molecule has 0 radical (unpaired) electrons. The number of nitrogens with one attached hydrogen (secondary N) is 2. The van der Waals surface area contributed by atoms with Crippen molar-refractivity contribution in [3.05, 3.63) is 65.5 Å². The highest BCUT2D eigenvalue weighted by Gasteiger charge is 2.16. The first-order valence-electron chi connectivity index (χ1n) is 9.75. The molecule has 0 saturated carbocycles. The number of aryl methyl sites for hydroxylation is 1. The number of carboxylic acid groups (broad SMARTS) is 1. The number of aliphatic carboxylic acids is 1. The first-order valence-corrected chi connectivity index (χ1v) is 9.75. The molecule has 1 heterocycles. The predicted molar refractivity (Wildman–Crippen MR) is 115 cm³/mol. The molecule has 30 heavy (non-hydrogen) atoms. The van der Waals surface area contributed by atoms with E-state index in [9.17, 15) is 9.59 Å². The molecule has 1 unspecified atom stereocenters. The summed E-state index contributed by atoms with van der Waals surface area (Å²) in [6, 6.07) is 14.6. The summed E-state index contributed by atoms with van der Waals surface area (Å²) in [5.74, 6) is -0.305. The first-order chi connectivity index (χ1) is 14.4. The van der Waals surface area contributed by atoms with E-state index in [-0.39, 0.29) is 12.5 Å². The van der Waals surface area contributed by atoms with Crippen molar-refractivity contribution in [3.8, 4) is 0 Å². The summed E-state index contributed by atoms with van der Waals surface area (Å²) in [7, 11) is 5.60. The van der Waals surface area contributed by atoms with Crippen molar-refractivity contribution in [2.75, 3.05) is 20.6 Å². The van der Waals surface area contributed by atoms with E-state index in [2.05, 4.69) is 26.2 Å². The quantitative estimate of drug-likeness (QED) is 0.497. The minimum absolute atomic E-state index is 0.0210. The van der Waals surface area contributed by atoms with Gasteiger partial charge in [-0.2, -0.15) is 0 Å². The van der Waals surface area contributed by atoms with Gasteiger partial charge >= 0.3 is 5.97 Å². The lowest BCUT2D eigenvalue weighted by Gasteiger charge is -2.17. The fraction of sp³-hybridized carbons (Fsp3) is 0.318. The second kappa shape index (κ2) is 9.51. The van der Waals surface area contributed by atoms with Gasteiger partial charge in [0.25, 0.3) is 5.91 Å². The van der Waals surface area contributed by atoms with Crippen molar-refractivity contribution in [2.24, 2.45) is 7.05 Å². The number of benzene rings is 2. The molecular formula is C22H27N5O3. The highest BCUT2D eigenvalue weighted by atomic mass is 16.4. The maximum Gasteiger partial charge on any atom is 0.322 e. The third-order valence-corrected chi connectivity index (χ3v) is 5.07. The first kappa shape index (κ1) is 21.5. The van der Waals surface area contributed by atoms with Crippen molar-refractivity contribution in [3.63, 3.8) is 0 Å². The Kier molecular flexibility index (Phi) is 6.81. The number of carboxylic acids is 1. The third-order valence-electron chi connectivity index (χ3n) is 5.07. The van der Waals surface area contributed by atoms with Gasteiger partial charge in [0.15, 0.2) is 0 Å². The Bertz CT molecular complexity index is 1030. The summed E-state index contributed by atoms with van der Waals surface area (Å²) < 4.78 is 2.11. The number of nitrogens with zero attached hydrogens (tertiary/aromatic N) is 3. The zero-order valence-electron chi connectivity index (χ0n) is 17.4. The van der Waals surface area contributed by atoms with Crippen molar-refractivity contribution < 1.29 is 14.7 Å². The van der Waals surface area contributed by atoms with Gasteiger partial charge in [0.1, 0.15) is 11.9 Å². The van der Waals surface area contributed by atoms with Crippen LogP contribution in [0.4, 0.5) is 0 Å². The van der Waals surface area contributed by atoms with Crippen LogP contribution < -0.4 is 10.6 Å². The minimum atomic E-state index is -1.00. The average Bonchev–Trinajstić information content (AvgIpc) is 3.04. The number of fused-ring (bicyclic) bond motifs is 1. The summed E-state index contributed by atoms with van der Waals surface area (Å²) >= 11 is 0. The van der Waals surface area contributed by atoms with Crippen LogP contribution in [0.5, 0.6) is 0 Å². The fourth-order valence-electron chi connectivity index (χ4n) is 3.32. The number of carbonyl (C=O) groups is 2. The van der Waals surface area contributed by atoms with E-state index in [1.807, 2.05) is 44.4 Å². The van der Waals surface area contributed by atoms with Gasteiger partial charge in [-0.3, -0.25) is 14.5 Å². The predicted octanol–water partition coefficient (Wildman–Crippen LogP) is 1.61. The monoisotopic (exact) mass is 409 g/mol. The van der Waals surface area contributed by atoms with E-state index in [0.717, 1.165) is 22.4 Å². The Labute approximate surface area is 175 Å². The number of para-hydroxylation sites is 2. The Morgan fingerprint density at radius 3 is 2.47 bits per heavy atom. The minimum Gasteiger partial charge on any atom is -0.480 e. The summed E-state index contributed by atoms with van der Waals surface area (Å²) in [6.07, 6.45) is 0. The standard InChI is InChI=1S/C22H27N5O3/c1-23-18(22(29)30)12-24-21(28)16-10-8-15(9-11-16)13-26(2)14-20-25-17-6-4-5-7-19(17)27(20)3/h4-11,18,23H,12-14H2,1-3H3,(H,24,28)(H,29,30). The van der Waals surface area contributed by atoms with Gasteiger partial charge in [-0.1, -0.05) is 24.3 Å². The highest BCUT2D eigenvalue weighted by Crippen LogP contribution is 2.16. The molecule has 0 aliphatic rings. The van der Waals surface area contributed by atoms with Gasteiger partial charge in [-0.15, -0.1) is 0 Å². The number of imidazole rings is 1. The van der Waals surface area contributed by atoms with Crippen LogP contribution in [0.15, 0.2) is 48.5 Å². The van der Waals surface area contributed by atoms with Crippen LogP contribution in [0.2, 0.25) is 0 Å². The number of hydrogen-bond donors (Lipinski definition) is 3. The zero-order valence-corrected chi connectivity index (χ0v) is 17.4. The number of likely N-dealkylation sites (N-methyl/N-ethyl adjacent to an activating group) is 1. The molecule has 1 amide bonds. The van der Waals surface area contributed by atoms with Crippen LogP contribution in [-0.2, 0) is 24.9 Å². The van der Waals surface area contributed by atoms with Crippen LogP contribution in [0.1, 0.15) is 21.7 Å². The number of carbonyl (C=O) groups excluding carboxylic acids is 1. The summed E-state index contributed by atoms with van der Waals surface area (Å²) in [4.78, 5) is 30.1. The summed E-state index contributed by atoms with van der Waals surface area (Å²) in [5.41, 5.74) is 3.67. The van der Waals surface area contributed by atoms with Crippen LogP contribution in [0.25, 0.3) is 11.0 Å². The van der Waals surface area contributed by atoms with E-state index in [1.54, 1.807) is 19.2 Å². The number of amides is 1. The molecule has 158 valence electrons. The molecule has 8 nitrogen and oxygen atoms in total. The molecule has 0 bridgehead atoms. The van der Waals surface area contributed by atoms with Gasteiger partial charge in [-0.25, -0.2) is 4.98 Å². The van der Waals surface area contributed by atoms with E-state index >= 15 is 0 Å². The highest BCUT2D eigenvalue weighted by molar-refractivity contribution is 5.94. The lowest BCUT2D eigenvalue weighted by Crippen LogP contribution is -2.44. The number of rotatable bonds is 9. The maximum absolute atomic E-state index is 12.2. The number of aromatic nitrogens is 2. The van der Waals surface area contributed by atoms with Crippen molar-refractivity contribution in [1.29, 1.82) is 0 Å². The van der Waals surface area contributed by atoms with Crippen LogP contribution in [0, 0.1) is 0 Å². The second-order valence-electron chi connectivity index (χ2n) is 7.33. The average molecular weight is 409 g/mol.